The lowest BCUT2D eigenvalue weighted by Crippen LogP contribution is -2.43. The third-order valence-corrected chi connectivity index (χ3v) is 8.30. The second-order valence-corrected chi connectivity index (χ2v) is 12.0. The number of piperidine rings is 1. The minimum absolute atomic E-state index is 0.0215. The van der Waals surface area contributed by atoms with E-state index in [1.54, 1.807) is 30.5 Å². The molecule has 0 unspecified atom stereocenters. The van der Waals surface area contributed by atoms with E-state index >= 15 is 0 Å². The van der Waals surface area contributed by atoms with E-state index in [4.69, 9.17) is 0 Å². The molecular formula is C36H33F3N8O3. The van der Waals surface area contributed by atoms with Crippen molar-refractivity contribution < 1.29 is 22.8 Å². The van der Waals surface area contributed by atoms with Crippen LogP contribution in [0, 0.1) is 17.5 Å². The van der Waals surface area contributed by atoms with E-state index < -0.39 is 34.8 Å². The zero-order chi connectivity index (χ0) is 35.2. The van der Waals surface area contributed by atoms with Crippen molar-refractivity contribution in [1.29, 1.82) is 0 Å². The predicted molar refractivity (Wildman–Crippen MR) is 183 cm³/mol. The normalized spacial score (nSPS) is 13.8. The molecule has 3 heterocycles. The number of hydrogen-bond acceptors (Lipinski definition) is 8. The number of nitrogens with one attached hydrogen (secondary N) is 3. The quantitative estimate of drug-likeness (QED) is 0.194. The van der Waals surface area contributed by atoms with Crippen molar-refractivity contribution in [3.8, 4) is 0 Å². The molecular weight excluding hydrogens is 649 g/mol. The minimum atomic E-state index is -1.04. The highest BCUT2D eigenvalue weighted by Crippen LogP contribution is 2.21. The van der Waals surface area contributed by atoms with Crippen LogP contribution in [0.1, 0.15) is 44.7 Å². The summed E-state index contributed by atoms with van der Waals surface area (Å²) < 4.78 is 42.8. The van der Waals surface area contributed by atoms with Gasteiger partial charge in [-0.2, -0.15) is 0 Å². The number of aromatic nitrogens is 4. The minimum Gasteiger partial charge on any atom is -0.349 e. The van der Waals surface area contributed by atoms with Crippen molar-refractivity contribution in [3.63, 3.8) is 0 Å². The Morgan fingerprint density at radius 2 is 1.74 bits per heavy atom. The second kappa shape index (κ2) is 15.1. The standard InChI is InChI=1S/C36H33F3N8O3/c1-46-13-10-25(11-14-46)43-34(49)27-7-6-26(17-30(27)38)44-36-42-18-24-15-22(5-9-32(24)45-36)3-2-12-41-33(48)28-19-40-21-47(35(28)50)20-23-4-8-29(37)31(39)16-23/h2-9,15-19,21,25H,10-14,20H2,1H3,(H,41,48)(H,43,49)(H,42,44,45)/b3-2+. The van der Waals surface area contributed by atoms with Gasteiger partial charge in [-0.1, -0.05) is 24.3 Å². The number of fused-ring (bicyclic) bond motifs is 1. The molecule has 256 valence electrons. The highest BCUT2D eigenvalue weighted by Gasteiger charge is 2.21. The summed E-state index contributed by atoms with van der Waals surface area (Å²) in [6.45, 7) is 1.80. The summed E-state index contributed by atoms with van der Waals surface area (Å²) in [5, 5.41) is 9.30. The van der Waals surface area contributed by atoms with E-state index in [1.165, 1.54) is 24.5 Å². The lowest BCUT2D eigenvalue weighted by atomic mass is 10.0. The van der Waals surface area contributed by atoms with Gasteiger partial charge in [0.05, 0.1) is 24.0 Å². The highest BCUT2D eigenvalue weighted by molar-refractivity contribution is 5.95. The number of amides is 2. The van der Waals surface area contributed by atoms with Gasteiger partial charge in [-0.3, -0.25) is 19.0 Å². The van der Waals surface area contributed by atoms with E-state index in [1.807, 2.05) is 19.2 Å². The molecule has 0 bridgehead atoms. The number of rotatable bonds is 10. The number of carbonyl (C=O) groups is 2. The van der Waals surface area contributed by atoms with Gasteiger partial charge >= 0.3 is 0 Å². The molecule has 14 heteroatoms. The molecule has 0 spiro atoms. The third-order valence-electron chi connectivity index (χ3n) is 8.30. The summed E-state index contributed by atoms with van der Waals surface area (Å²) >= 11 is 0. The Hall–Kier alpha value is -5.89. The molecule has 0 saturated carbocycles. The maximum Gasteiger partial charge on any atom is 0.266 e. The van der Waals surface area contributed by atoms with E-state index in [0.717, 1.165) is 59.8 Å². The Labute approximate surface area is 284 Å². The fourth-order valence-electron chi connectivity index (χ4n) is 5.53. The summed E-state index contributed by atoms with van der Waals surface area (Å²) in [7, 11) is 2.03. The molecule has 1 aliphatic rings. The molecule has 2 amide bonds. The molecule has 6 rings (SSSR count). The average Bonchev–Trinajstić information content (AvgIpc) is 3.10. The number of hydrogen-bond donors (Lipinski definition) is 3. The Bertz CT molecular complexity index is 2150. The summed E-state index contributed by atoms with van der Waals surface area (Å²) in [4.78, 5) is 53.1. The van der Waals surface area contributed by atoms with Gasteiger partial charge in [-0.15, -0.1) is 0 Å². The van der Waals surface area contributed by atoms with Crippen LogP contribution in [-0.2, 0) is 6.54 Å². The molecule has 11 nitrogen and oxygen atoms in total. The summed E-state index contributed by atoms with van der Waals surface area (Å²) in [6.07, 6.45) is 9.13. The first kappa shape index (κ1) is 34.0. The van der Waals surface area contributed by atoms with E-state index in [2.05, 4.69) is 35.8 Å². The van der Waals surface area contributed by atoms with Crippen LogP contribution in [-0.4, -0.2) is 69.0 Å². The lowest BCUT2D eigenvalue weighted by Gasteiger charge is -2.29. The van der Waals surface area contributed by atoms with Crippen LogP contribution in [0.4, 0.5) is 24.8 Å². The van der Waals surface area contributed by atoms with Crippen molar-refractivity contribution in [3.05, 3.63) is 129 Å². The molecule has 1 aliphatic heterocycles. The smallest absolute Gasteiger partial charge is 0.266 e. The largest absolute Gasteiger partial charge is 0.349 e. The Morgan fingerprint density at radius 3 is 2.52 bits per heavy atom. The number of halogens is 3. The number of nitrogens with zero attached hydrogens (tertiary/aromatic N) is 5. The van der Waals surface area contributed by atoms with Gasteiger partial charge < -0.3 is 20.9 Å². The monoisotopic (exact) mass is 682 g/mol. The zero-order valence-electron chi connectivity index (χ0n) is 27.0. The van der Waals surface area contributed by atoms with Crippen molar-refractivity contribution in [2.45, 2.75) is 25.4 Å². The van der Waals surface area contributed by atoms with Crippen LogP contribution < -0.4 is 21.5 Å². The molecule has 1 fully saturated rings. The first-order chi connectivity index (χ1) is 24.1. The molecule has 0 aliphatic carbocycles. The van der Waals surface area contributed by atoms with Gasteiger partial charge in [0, 0.05) is 36.1 Å². The number of likely N-dealkylation sites (tertiary alicyclic amines) is 1. The van der Waals surface area contributed by atoms with Gasteiger partial charge in [0.25, 0.3) is 17.4 Å². The van der Waals surface area contributed by atoms with Crippen LogP contribution in [0.25, 0.3) is 17.0 Å². The van der Waals surface area contributed by atoms with Crippen molar-refractivity contribution in [2.24, 2.45) is 0 Å². The Balaban J connectivity index is 1.03. The van der Waals surface area contributed by atoms with Crippen molar-refractivity contribution in [1.82, 2.24) is 35.1 Å². The second-order valence-electron chi connectivity index (χ2n) is 12.0. The van der Waals surface area contributed by atoms with Gasteiger partial charge in [0.2, 0.25) is 5.95 Å². The molecule has 50 heavy (non-hydrogen) atoms. The summed E-state index contributed by atoms with van der Waals surface area (Å²) in [5.74, 6) is -3.49. The molecule has 0 atom stereocenters. The summed E-state index contributed by atoms with van der Waals surface area (Å²) in [6, 6.07) is 13.1. The number of anilines is 2. The predicted octanol–water partition coefficient (Wildman–Crippen LogP) is 4.66. The van der Waals surface area contributed by atoms with Crippen molar-refractivity contribution in [2.75, 3.05) is 32.0 Å². The van der Waals surface area contributed by atoms with Gasteiger partial charge in [-0.05, 0) is 86.6 Å². The van der Waals surface area contributed by atoms with Crippen LogP contribution in [0.15, 0.2) is 84.2 Å². The molecule has 3 aromatic carbocycles. The van der Waals surface area contributed by atoms with Crippen LogP contribution in [0.5, 0.6) is 0 Å². The Kier molecular flexibility index (Phi) is 10.3. The van der Waals surface area contributed by atoms with Crippen LogP contribution in [0.3, 0.4) is 0 Å². The van der Waals surface area contributed by atoms with Gasteiger partial charge in [0.15, 0.2) is 11.6 Å². The molecule has 2 aromatic heterocycles. The molecule has 0 radical (unpaired) electrons. The van der Waals surface area contributed by atoms with Crippen molar-refractivity contribution >= 4 is 40.4 Å². The SMILES string of the molecule is CN1CCC(NC(=O)c2ccc(Nc3ncc4cc(/C=C/CNC(=O)c5cncn(Cc6ccc(F)c(F)c6)c5=O)ccc4n3)cc2F)CC1. The zero-order valence-corrected chi connectivity index (χ0v) is 27.0. The number of benzene rings is 3. The highest BCUT2D eigenvalue weighted by atomic mass is 19.2. The van der Waals surface area contributed by atoms with Gasteiger partial charge in [0.1, 0.15) is 11.4 Å². The maximum absolute atomic E-state index is 14.9. The average molecular weight is 683 g/mol. The molecule has 1 saturated heterocycles. The van der Waals surface area contributed by atoms with E-state index in [9.17, 15) is 27.6 Å². The fourth-order valence-corrected chi connectivity index (χ4v) is 5.53. The fraction of sp³-hybridized carbons (Fsp3) is 0.222. The van der Waals surface area contributed by atoms with E-state index in [0.29, 0.717) is 16.8 Å². The lowest BCUT2D eigenvalue weighted by molar-refractivity contribution is 0.0911. The first-order valence-electron chi connectivity index (χ1n) is 15.9. The van der Waals surface area contributed by atoms with E-state index in [-0.39, 0.29) is 36.2 Å². The summed E-state index contributed by atoms with van der Waals surface area (Å²) in [5.41, 5.74) is 1.35. The maximum atomic E-state index is 14.9. The number of carbonyl (C=O) groups excluding carboxylic acids is 2. The van der Waals surface area contributed by atoms with Crippen LogP contribution in [0.2, 0.25) is 0 Å². The molecule has 5 aromatic rings. The topological polar surface area (TPSA) is 134 Å². The van der Waals surface area contributed by atoms with Crippen LogP contribution >= 0.6 is 0 Å². The first-order valence-corrected chi connectivity index (χ1v) is 15.9. The Morgan fingerprint density at radius 1 is 0.920 bits per heavy atom. The van der Waals surface area contributed by atoms with Gasteiger partial charge in [-0.25, -0.2) is 28.1 Å². The molecule has 3 N–H and O–H groups in total. The third kappa shape index (κ3) is 8.21.